The van der Waals surface area contributed by atoms with Gasteiger partial charge in [-0.3, -0.25) is 9.79 Å². The minimum absolute atomic E-state index is 0.00165. The van der Waals surface area contributed by atoms with Crippen molar-refractivity contribution in [1.29, 1.82) is 0 Å². The van der Waals surface area contributed by atoms with E-state index >= 15 is 0 Å². The minimum atomic E-state index is -0.428. The van der Waals surface area contributed by atoms with Crippen molar-refractivity contribution in [3.05, 3.63) is 35.7 Å². The molecule has 0 aliphatic carbocycles. The maximum atomic E-state index is 11.4. The third kappa shape index (κ3) is 2.96. The van der Waals surface area contributed by atoms with Gasteiger partial charge in [0.25, 0.3) is 0 Å². The highest BCUT2D eigenvalue weighted by Crippen LogP contribution is 2.23. The van der Waals surface area contributed by atoms with Gasteiger partial charge in [-0.15, -0.1) is 0 Å². The molecule has 0 radical (unpaired) electrons. The topological polar surface area (TPSA) is 69.2 Å². The summed E-state index contributed by atoms with van der Waals surface area (Å²) in [5.74, 6) is 1.49. The fraction of sp³-hybridized carbons (Fsp3) is 0.375. The predicted molar refractivity (Wildman–Crippen MR) is 82.3 cm³/mol. The average Bonchev–Trinajstić information content (AvgIpc) is 2.55. The molecule has 0 saturated heterocycles. The summed E-state index contributed by atoms with van der Waals surface area (Å²) in [4.78, 5) is 15.9. The fourth-order valence-corrected chi connectivity index (χ4v) is 2.36. The van der Waals surface area contributed by atoms with Crippen molar-refractivity contribution in [3.8, 4) is 5.75 Å². The first-order valence-corrected chi connectivity index (χ1v) is 7.09. The van der Waals surface area contributed by atoms with Gasteiger partial charge >= 0.3 is 0 Å². The third-order valence-corrected chi connectivity index (χ3v) is 3.57. The van der Waals surface area contributed by atoms with E-state index in [0.29, 0.717) is 24.7 Å². The molecule has 1 unspecified atom stereocenters. The molecule has 22 heavy (non-hydrogen) atoms. The summed E-state index contributed by atoms with van der Waals surface area (Å²) in [5.41, 5.74) is 2.41. The van der Waals surface area contributed by atoms with Gasteiger partial charge in [-0.25, -0.2) is 0 Å². The van der Waals surface area contributed by atoms with E-state index in [1.165, 1.54) is 6.92 Å². The van der Waals surface area contributed by atoms with Crippen LogP contribution < -0.4 is 10.1 Å². The second kappa shape index (κ2) is 6.19. The number of carbonyl (C=O) groups is 1. The molecule has 2 aliphatic rings. The number of Topliss-reactive ketones (excluding diaryl/α,β-unsaturated/α-hetero) is 1. The van der Waals surface area contributed by atoms with Crippen LogP contribution in [0.5, 0.6) is 5.75 Å². The van der Waals surface area contributed by atoms with E-state index in [4.69, 9.17) is 14.2 Å². The van der Waals surface area contributed by atoms with Crippen LogP contribution in [0.3, 0.4) is 0 Å². The van der Waals surface area contributed by atoms with Crippen molar-refractivity contribution in [2.75, 3.05) is 32.2 Å². The Hall–Kier alpha value is -2.34. The molecule has 2 aliphatic heterocycles. The van der Waals surface area contributed by atoms with E-state index in [1.807, 2.05) is 24.3 Å². The third-order valence-electron chi connectivity index (χ3n) is 3.57. The number of aliphatic imine (C=N–C) groups is 1. The molecule has 0 amide bonds. The Labute approximate surface area is 128 Å². The van der Waals surface area contributed by atoms with Gasteiger partial charge in [-0.1, -0.05) is 0 Å². The van der Waals surface area contributed by atoms with Crippen molar-refractivity contribution in [3.63, 3.8) is 0 Å². The molecule has 0 fully saturated rings. The number of carbonyl (C=O) groups excluding carboxylic acids is 1. The SMILES string of the molecule is COc1ccc(NC2=C3OCC(C(C)=O)N=C3COC2)cc1. The first kappa shape index (κ1) is 14.6. The number of rotatable bonds is 4. The number of hydrogen-bond acceptors (Lipinski definition) is 6. The summed E-state index contributed by atoms with van der Waals surface area (Å²) in [6.45, 7) is 2.59. The number of benzene rings is 1. The van der Waals surface area contributed by atoms with E-state index in [2.05, 4.69) is 10.3 Å². The number of anilines is 1. The number of nitrogens with one attached hydrogen (secondary N) is 1. The maximum Gasteiger partial charge on any atom is 0.164 e. The number of methoxy groups -OCH3 is 1. The van der Waals surface area contributed by atoms with Gasteiger partial charge in [0.2, 0.25) is 0 Å². The Morgan fingerprint density at radius 2 is 2.09 bits per heavy atom. The van der Waals surface area contributed by atoms with E-state index in [1.54, 1.807) is 7.11 Å². The molecule has 1 N–H and O–H groups in total. The zero-order chi connectivity index (χ0) is 15.5. The van der Waals surface area contributed by atoms with Gasteiger partial charge in [-0.2, -0.15) is 0 Å². The van der Waals surface area contributed by atoms with Crippen LogP contribution in [0.4, 0.5) is 5.69 Å². The molecule has 1 aromatic carbocycles. The molecular formula is C16H18N2O4. The number of fused-ring (bicyclic) bond motifs is 1. The van der Waals surface area contributed by atoms with Crippen LogP contribution in [0, 0.1) is 0 Å². The highest BCUT2D eigenvalue weighted by atomic mass is 16.5. The fourth-order valence-electron chi connectivity index (χ4n) is 2.36. The largest absolute Gasteiger partial charge is 0.497 e. The Kier molecular flexibility index (Phi) is 4.11. The molecular weight excluding hydrogens is 284 g/mol. The van der Waals surface area contributed by atoms with Crippen LogP contribution in [0.2, 0.25) is 0 Å². The Balaban J connectivity index is 1.83. The Morgan fingerprint density at radius 1 is 1.32 bits per heavy atom. The molecule has 1 aromatic rings. The molecule has 6 heteroatoms. The summed E-state index contributed by atoms with van der Waals surface area (Å²) in [6.07, 6.45) is 0. The molecule has 3 rings (SSSR count). The van der Waals surface area contributed by atoms with Gasteiger partial charge in [0, 0.05) is 5.69 Å². The summed E-state index contributed by atoms with van der Waals surface area (Å²) < 4.78 is 16.4. The van der Waals surface area contributed by atoms with Crippen LogP contribution in [0.25, 0.3) is 0 Å². The Bertz CT molecular complexity index is 634. The van der Waals surface area contributed by atoms with E-state index < -0.39 is 6.04 Å². The first-order valence-electron chi connectivity index (χ1n) is 7.09. The van der Waals surface area contributed by atoms with Crippen LogP contribution in [-0.4, -0.2) is 44.5 Å². The lowest BCUT2D eigenvalue weighted by Gasteiger charge is -2.28. The number of ketones is 1. The lowest BCUT2D eigenvalue weighted by Crippen LogP contribution is -2.36. The number of hydrogen-bond donors (Lipinski definition) is 1. The van der Waals surface area contributed by atoms with Crippen molar-refractivity contribution in [1.82, 2.24) is 0 Å². The molecule has 0 bridgehead atoms. The average molecular weight is 302 g/mol. The van der Waals surface area contributed by atoms with Crippen LogP contribution in [-0.2, 0) is 14.3 Å². The molecule has 116 valence electrons. The van der Waals surface area contributed by atoms with Crippen molar-refractivity contribution in [2.24, 2.45) is 4.99 Å². The normalized spacial score (nSPS) is 20.6. The van der Waals surface area contributed by atoms with Gasteiger partial charge in [0.05, 0.1) is 26.0 Å². The van der Waals surface area contributed by atoms with Crippen molar-refractivity contribution >= 4 is 17.2 Å². The smallest absolute Gasteiger partial charge is 0.164 e. The lowest BCUT2D eigenvalue weighted by atomic mass is 10.1. The summed E-state index contributed by atoms with van der Waals surface area (Å²) in [6, 6.07) is 7.15. The number of nitrogens with zero attached hydrogens (tertiary/aromatic N) is 1. The molecule has 0 saturated carbocycles. The summed E-state index contributed by atoms with van der Waals surface area (Å²) in [7, 11) is 1.63. The van der Waals surface area contributed by atoms with Crippen LogP contribution in [0.1, 0.15) is 6.92 Å². The minimum Gasteiger partial charge on any atom is -0.497 e. The summed E-state index contributed by atoms with van der Waals surface area (Å²) in [5, 5.41) is 3.28. The van der Waals surface area contributed by atoms with Gasteiger partial charge in [0.1, 0.15) is 24.1 Å². The van der Waals surface area contributed by atoms with Gasteiger partial charge in [0.15, 0.2) is 11.5 Å². The zero-order valence-corrected chi connectivity index (χ0v) is 12.6. The Morgan fingerprint density at radius 3 is 2.77 bits per heavy atom. The summed E-state index contributed by atoms with van der Waals surface area (Å²) >= 11 is 0. The lowest BCUT2D eigenvalue weighted by molar-refractivity contribution is -0.119. The first-order chi connectivity index (χ1) is 10.7. The number of ether oxygens (including phenoxy) is 3. The van der Waals surface area contributed by atoms with Crippen molar-refractivity contribution in [2.45, 2.75) is 13.0 Å². The second-order valence-electron chi connectivity index (χ2n) is 5.17. The van der Waals surface area contributed by atoms with Gasteiger partial charge in [-0.05, 0) is 31.2 Å². The zero-order valence-electron chi connectivity index (χ0n) is 12.6. The van der Waals surface area contributed by atoms with E-state index in [0.717, 1.165) is 17.1 Å². The molecule has 6 nitrogen and oxygen atoms in total. The van der Waals surface area contributed by atoms with Crippen molar-refractivity contribution < 1.29 is 19.0 Å². The maximum absolute atomic E-state index is 11.4. The molecule has 2 heterocycles. The highest BCUT2D eigenvalue weighted by molar-refractivity contribution is 6.03. The van der Waals surface area contributed by atoms with Crippen LogP contribution >= 0.6 is 0 Å². The monoisotopic (exact) mass is 302 g/mol. The highest BCUT2D eigenvalue weighted by Gasteiger charge is 2.29. The van der Waals surface area contributed by atoms with E-state index in [-0.39, 0.29) is 12.4 Å². The van der Waals surface area contributed by atoms with Gasteiger partial charge < -0.3 is 19.5 Å². The molecule has 1 atom stereocenters. The molecule has 0 aromatic heterocycles. The van der Waals surface area contributed by atoms with Crippen LogP contribution in [0.15, 0.2) is 40.7 Å². The quantitative estimate of drug-likeness (QED) is 0.918. The standard InChI is InChI=1S/C16H18N2O4/c1-10(19)13-9-22-16-14(7-21-8-15(16)18-13)17-11-3-5-12(20-2)6-4-11/h3-6,13,17H,7-9H2,1-2H3. The molecule has 0 spiro atoms. The predicted octanol–water partition coefficient (Wildman–Crippen LogP) is 1.78. The second-order valence-corrected chi connectivity index (χ2v) is 5.17. The van der Waals surface area contributed by atoms with E-state index in [9.17, 15) is 4.79 Å².